The van der Waals surface area contributed by atoms with Crippen LogP contribution in [0, 0.1) is 0 Å². The van der Waals surface area contributed by atoms with Crippen LogP contribution in [0.1, 0.15) is 11.1 Å². The molecule has 0 bridgehead atoms. The van der Waals surface area contributed by atoms with Gasteiger partial charge in [0.2, 0.25) is 0 Å². The van der Waals surface area contributed by atoms with Crippen LogP contribution in [0.2, 0.25) is 0 Å². The highest BCUT2D eigenvalue weighted by Gasteiger charge is 2.18. The molecule has 0 aliphatic rings. The molecule has 8 rings (SSSR count). The molecule has 0 atom stereocenters. The normalized spacial score (nSPS) is 11.3. The van der Waals surface area contributed by atoms with Crippen LogP contribution in [0.5, 0.6) is 0 Å². The molecular formula is C46H34O2. The monoisotopic (exact) mass is 618 g/mol. The third kappa shape index (κ3) is 5.33. The molecule has 2 heteroatoms. The van der Waals surface area contributed by atoms with Gasteiger partial charge in [0, 0.05) is 0 Å². The number of hydrogen-bond acceptors (Lipinski definition) is 2. The van der Waals surface area contributed by atoms with Gasteiger partial charge in [0.25, 0.3) is 0 Å². The van der Waals surface area contributed by atoms with Gasteiger partial charge >= 0.3 is 0 Å². The van der Waals surface area contributed by atoms with E-state index in [1.54, 1.807) is 0 Å². The van der Waals surface area contributed by atoms with Gasteiger partial charge in [-0.15, -0.1) is 0 Å². The van der Waals surface area contributed by atoms with E-state index in [4.69, 9.17) is 4.74 Å². The second kappa shape index (κ2) is 12.7. The Bertz CT molecular complexity index is 2450. The van der Waals surface area contributed by atoms with Crippen LogP contribution < -0.4 is 0 Å². The predicted octanol–water partition coefficient (Wildman–Crippen LogP) is 12.0. The SMILES string of the molecule is C=COCc1cccc(-c2c3ccccc3c(-c3cccc(CO)c3)c3cc(-c4ccc(-c5cccc6ccccc56)cc4)ccc23)c1. The van der Waals surface area contributed by atoms with E-state index in [9.17, 15) is 5.11 Å². The highest BCUT2D eigenvalue weighted by molar-refractivity contribution is 6.22. The first kappa shape index (κ1) is 29.4. The topological polar surface area (TPSA) is 29.5 Å². The first-order valence-electron chi connectivity index (χ1n) is 16.3. The second-order valence-electron chi connectivity index (χ2n) is 12.2. The summed E-state index contributed by atoms with van der Waals surface area (Å²) in [4.78, 5) is 0. The van der Waals surface area contributed by atoms with Gasteiger partial charge in [0.1, 0.15) is 6.61 Å². The van der Waals surface area contributed by atoms with E-state index in [1.807, 2.05) is 12.1 Å². The molecular weight excluding hydrogens is 585 g/mol. The van der Waals surface area contributed by atoms with E-state index < -0.39 is 0 Å². The summed E-state index contributed by atoms with van der Waals surface area (Å²) in [5.74, 6) is 0. The van der Waals surface area contributed by atoms with Crippen LogP contribution in [0.15, 0.2) is 171 Å². The number of rotatable bonds is 8. The van der Waals surface area contributed by atoms with Gasteiger partial charge in [-0.25, -0.2) is 0 Å². The molecule has 2 nitrogen and oxygen atoms in total. The summed E-state index contributed by atoms with van der Waals surface area (Å²) in [5.41, 5.74) is 11.3. The molecule has 48 heavy (non-hydrogen) atoms. The summed E-state index contributed by atoms with van der Waals surface area (Å²) < 4.78 is 5.55. The van der Waals surface area contributed by atoms with Gasteiger partial charge in [-0.3, -0.25) is 0 Å². The zero-order valence-electron chi connectivity index (χ0n) is 26.6. The summed E-state index contributed by atoms with van der Waals surface area (Å²) in [5, 5.41) is 17.3. The van der Waals surface area contributed by atoms with Gasteiger partial charge in [0.15, 0.2) is 0 Å². The Labute approximate surface area is 280 Å². The lowest BCUT2D eigenvalue weighted by Crippen LogP contribution is -1.94. The molecule has 0 radical (unpaired) electrons. The molecule has 0 saturated heterocycles. The largest absolute Gasteiger partial charge is 0.497 e. The number of benzene rings is 8. The third-order valence-electron chi connectivity index (χ3n) is 9.32. The van der Waals surface area contributed by atoms with Crippen molar-refractivity contribution < 1.29 is 9.84 Å². The van der Waals surface area contributed by atoms with Crippen molar-refractivity contribution in [2.75, 3.05) is 0 Å². The van der Waals surface area contributed by atoms with Crippen molar-refractivity contribution in [3.8, 4) is 44.5 Å². The summed E-state index contributed by atoms with van der Waals surface area (Å²) in [6, 6.07) is 56.4. The quantitative estimate of drug-likeness (QED) is 0.136. The number of fused-ring (bicyclic) bond motifs is 3. The smallest absolute Gasteiger partial charge is 0.112 e. The van der Waals surface area contributed by atoms with Gasteiger partial charge in [-0.05, 0) is 106 Å². The average molecular weight is 619 g/mol. The molecule has 0 amide bonds. The molecule has 0 unspecified atom stereocenters. The third-order valence-corrected chi connectivity index (χ3v) is 9.32. The summed E-state index contributed by atoms with van der Waals surface area (Å²) in [6.07, 6.45) is 1.49. The molecule has 0 aliphatic heterocycles. The summed E-state index contributed by atoms with van der Waals surface area (Å²) in [6.45, 7) is 4.18. The molecule has 230 valence electrons. The van der Waals surface area contributed by atoms with Crippen molar-refractivity contribution in [2.24, 2.45) is 0 Å². The Kier molecular flexibility index (Phi) is 7.78. The van der Waals surface area contributed by atoms with E-state index in [1.165, 1.54) is 60.8 Å². The van der Waals surface area contributed by atoms with Crippen molar-refractivity contribution in [2.45, 2.75) is 13.2 Å². The fraction of sp³-hybridized carbons (Fsp3) is 0.0435. The van der Waals surface area contributed by atoms with Crippen molar-refractivity contribution in [3.63, 3.8) is 0 Å². The highest BCUT2D eigenvalue weighted by Crippen LogP contribution is 2.45. The summed E-state index contributed by atoms with van der Waals surface area (Å²) >= 11 is 0. The van der Waals surface area contributed by atoms with E-state index in [-0.39, 0.29) is 6.61 Å². The number of aliphatic hydroxyl groups excluding tert-OH is 1. The second-order valence-corrected chi connectivity index (χ2v) is 12.2. The van der Waals surface area contributed by atoms with E-state index in [0.29, 0.717) is 6.61 Å². The van der Waals surface area contributed by atoms with Crippen molar-refractivity contribution in [1.82, 2.24) is 0 Å². The molecule has 0 aromatic heterocycles. The lowest BCUT2D eigenvalue weighted by Gasteiger charge is -2.19. The lowest BCUT2D eigenvalue weighted by molar-refractivity contribution is 0.238. The van der Waals surface area contributed by atoms with Gasteiger partial charge in [-0.1, -0.05) is 146 Å². The molecule has 0 fully saturated rings. The molecule has 8 aromatic rings. The first-order valence-corrected chi connectivity index (χ1v) is 16.3. The van der Waals surface area contributed by atoms with Crippen LogP contribution in [0.4, 0.5) is 0 Å². The van der Waals surface area contributed by atoms with Crippen LogP contribution in [0.3, 0.4) is 0 Å². The first-order chi connectivity index (χ1) is 23.7. The number of ether oxygens (including phenoxy) is 1. The molecule has 1 N–H and O–H groups in total. The fourth-order valence-corrected chi connectivity index (χ4v) is 7.10. The van der Waals surface area contributed by atoms with Crippen LogP contribution in [-0.4, -0.2) is 5.11 Å². The number of aliphatic hydroxyl groups is 1. The minimum absolute atomic E-state index is 0.00431. The minimum atomic E-state index is -0.00431. The van der Waals surface area contributed by atoms with E-state index in [2.05, 4.69) is 152 Å². The zero-order chi connectivity index (χ0) is 32.5. The Balaban J connectivity index is 1.35. The molecule has 0 saturated carbocycles. The maximum absolute atomic E-state index is 10.1. The maximum Gasteiger partial charge on any atom is 0.112 e. The van der Waals surface area contributed by atoms with E-state index >= 15 is 0 Å². The predicted molar refractivity (Wildman–Crippen MR) is 202 cm³/mol. The highest BCUT2D eigenvalue weighted by atomic mass is 16.5. The molecule has 0 aliphatic carbocycles. The average Bonchev–Trinajstić information content (AvgIpc) is 3.15. The lowest BCUT2D eigenvalue weighted by atomic mass is 9.84. The minimum Gasteiger partial charge on any atom is -0.497 e. The van der Waals surface area contributed by atoms with Crippen molar-refractivity contribution in [3.05, 3.63) is 182 Å². The van der Waals surface area contributed by atoms with Crippen LogP contribution in [-0.2, 0) is 18.0 Å². The Morgan fingerprint density at radius 3 is 1.75 bits per heavy atom. The van der Waals surface area contributed by atoms with Crippen molar-refractivity contribution >= 4 is 32.3 Å². The Morgan fingerprint density at radius 1 is 0.458 bits per heavy atom. The Hall–Kier alpha value is -5.96. The fourth-order valence-electron chi connectivity index (χ4n) is 7.10. The van der Waals surface area contributed by atoms with E-state index in [0.717, 1.165) is 33.4 Å². The molecule has 0 spiro atoms. The van der Waals surface area contributed by atoms with Crippen LogP contribution >= 0.6 is 0 Å². The van der Waals surface area contributed by atoms with Gasteiger partial charge in [0.05, 0.1) is 12.9 Å². The molecule has 0 heterocycles. The Morgan fingerprint density at radius 2 is 1.02 bits per heavy atom. The van der Waals surface area contributed by atoms with Crippen LogP contribution in [0.25, 0.3) is 76.8 Å². The van der Waals surface area contributed by atoms with Gasteiger partial charge < -0.3 is 9.84 Å². The molecule has 8 aromatic carbocycles. The zero-order valence-corrected chi connectivity index (χ0v) is 26.6. The summed E-state index contributed by atoms with van der Waals surface area (Å²) in [7, 11) is 0. The van der Waals surface area contributed by atoms with Gasteiger partial charge in [-0.2, -0.15) is 0 Å². The number of hydrogen-bond donors (Lipinski definition) is 1. The standard InChI is InChI=1S/C46H34O2/c1-2-48-30-32-11-8-15-38(27-32)45-41-17-5-6-18-42(41)46(37-14-7-10-31(26-37)29-47)44-28-36(24-25-43(44)45)33-20-22-35(23-21-33)40-19-9-13-34-12-3-4-16-39(34)40/h2-28,47H,1,29-30H2. The maximum atomic E-state index is 10.1. The van der Waals surface area contributed by atoms with Crippen molar-refractivity contribution in [1.29, 1.82) is 0 Å².